The summed E-state index contributed by atoms with van der Waals surface area (Å²) in [4.78, 5) is 0. The molecule has 6 nitrogen and oxygen atoms in total. The molecule has 2 aromatic rings. The van der Waals surface area contributed by atoms with Gasteiger partial charge in [-0.15, -0.1) is 0 Å². The third kappa shape index (κ3) is 4.30. The Labute approximate surface area is 167 Å². The molecule has 0 aliphatic heterocycles. The predicted octanol–water partition coefficient (Wildman–Crippen LogP) is 4.10. The third-order valence-electron chi connectivity index (χ3n) is 3.38. The zero-order valence-corrected chi connectivity index (χ0v) is 16.7. The topological polar surface area (TPSA) is 69.3 Å². The molecule has 0 atom stereocenters. The fourth-order valence-electron chi connectivity index (χ4n) is 2.19. The highest BCUT2D eigenvalue weighted by molar-refractivity contribution is 7.80. The molecule has 2 N–H and O–H groups in total. The lowest BCUT2D eigenvalue weighted by Gasteiger charge is -2.18. The first-order valence-electron chi connectivity index (χ1n) is 7.30. The molecule has 0 bridgehead atoms. The fourth-order valence-corrected chi connectivity index (χ4v) is 2.72. The average Bonchev–Trinajstić information content (AvgIpc) is 2.63. The molecular weight excluding hydrogens is 397 g/mol. The SMILES string of the molecule is COc1cc(/C=N\N(C(N)=S)c2cccc(Cl)c2Cl)cc(OC)c1OC. The van der Waals surface area contributed by atoms with E-state index >= 15 is 0 Å². The largest absolute Gasteiger partial charge is 0.493 e. The van der Waals surface area contributed by atoms with Crippen LogP contribution in [0.3, 0.4) is 0 Å². The number of methoxy groups -OCH3 is 3. The highest BCUT2D eigenvalue weighted by atomic mass is 35.5. The van der Waals surface area contributed by atoms with Crippen molar-refractivity contribution >= 4 is 52.4 Å². The van der Waals surface area contributed by atoms with E-state index < -0.39 is 0 Å². The van der Waals surface area contributed by atoms with Crippen molar-refractivity contribution < 1.29 is 14.2 Å². The summed E-state index contributed by atoms with van der Waals surface area (Å²) in [6, 6.07) is 8.57. The van der Waals surface area contributed by atoms with Crippen molar-refractivity contribution in [3.63, 3.8) is 0 Å². The Morgan fingerprint density at radius 2 is 1.73 bits per heavy atom. The standard InChI is InChI=1S/C17H17Cl2N3O3S/c1-23-13-7-10(8-14(24-2)16(13)25-3)9-21-22(17(20)26)12-6-4-5-11(18)15(12)19/h4-9H,1-3H3,(H2,20,26)/b21-9-. The quantitative estimate of drug-likeness (QED) is 0.436. The lowest BCUT2D eigenvalue weighted by molar-refractivity contribution is 0.324. The van der Waals surface area contributed by atoms with Crippen LogP contribution >= 0.6 is 35.4 Å². The van der Waals surface area contributed by atoms with Crippen LogP contribution in [0.15, 0.2) is 35.4 Å². The Hall–Kier alpha value is -2.22. The van der Waals surface area contributed by atoms with Crippen LogP contribution in [0.4, 0.5) is 5.69 Å². The lowest BCUT2D eigenvalue weighted by atomic mass is 10.2. The summed E-state index contributed by atoms with van der Waals surface area (Å²) in [5, 5.41) is 6.31. The van der Waals surface area contributed by atoms with Crippen molar-refractivity contribution in [3.05, 3.63) is 45.9 Å². The monoisotopic (exact) mass is 413 g/mol. The van der Waals surface area contributed by atoms with Crippen molar-refractivity contribution in [2.24, 2.45) is 10.8 Å². The van der Waals surface area contributed by atoms with Gasteiger partial charge < -0.3 is 19.9 Å². The minimum Gasteiger partial charge on any atom is -0.493 e. The summed E-state index contributed by atoms with van der Waals surface area (Å²) < 4.78 is 15.9. The minimum absolute atomic E-state index is 0.0119. The van der Waals surface area contributed by atoms with E-state index in [2.05, 4.69) is 5.10 Å². The summed E-state index contributed by atoms with van der Waals surface area (Å²) in [6.45, 7) is 0. The number of halogens is 2. The number of benzene rings is 2. The second-order valence-corrected chi connectivity index (χ2v) is 6.13. The van der Waals surface area contributed by atoms with Crippen molar-refractivity contribution in [2.75, 3.05) is 26.3 Å². The first-order chi connectivity index (χ1) is 12.4. The van der Waals surface area contributed by atoms with Gasteiger partial charge >= 0.3 is 0 Å². The van der Waals surface area contributed by atoms with Crippen LogP contribution in [0.2, 0.25) is 10.0 Å². The Bertz CT molecular complexity index is 821. The number of nitrogens with zero attached hydrogens (tertiary/aromatic N) is 2. The van der Waals surface area contributed by atoms with Crippen molar-refractivity contribution in [1.29, 1.82) is 0 Å². The van der Waals surface area contributed by atoms with E-state index in [1.165, 1.54) is 26.3 Å². The molecule has 0 saturated carbocycles. The van der Waals surface area contributed by atoms with Gasteiger partial charge in [-0.2, -0.15) is 5.10 Å². The summed E-state index contributed by atoms with van der Waals surface area (Å²) in [6.07, 6.45) is 1.54. The molecule has 2 rings (SSSR count). The first kappa shape index (κ1) is 20.1. The number of hydrogen-bond donors (Lipinski definition) is 1. The number of ether oxygens (including phenoxy) is 3. The summed E-state index contributed by atoms with van der Waals surface area (Å²) in [5.74, 6) is 1.48. The van der Waals surface area contributed by atoms with Gasteiger partial charge in [-0.25, -0.2) is 5.01 Å². The molecule has 2 aromatic carbocycles. The van der Waals surface area contributed by atoms with E-state index in [0.717, 1.165) is 0 Å². The molecule has 0 unspecified atom stereocenters. The molecule has 0 fully saturated rings. The molecule has 0 spiro atoms. The van der Waals surface area contributed by atoms with Crippen molar-refractivity contribution in [1.82, 2.24) is 0 Å². The van der Waals surface area contributed by atoms with Crippen LogP contribution in [-0.4, -0.2) is 32.7 Å². The van der Waals surface area contributed by atoms with Gasteiger partial charge in [0.1, 0.15) is 0 Å². The van der Waals surface area contributed by atoms with E-state index in [1.807, 2.05) is 0 Å². The third-order valence-corrected chi connectivity index (χ3v) is 4.36. The van der Waals surface area contributed by atoms with Gasteiger partial charge in [0.05, 0.1) is 43.3 Å². The van der Waals surface area contributed by atoms with Gasteiger partial charge in [-0.05, 0) is 36.5 Å². The Morgan fingerprint density at radius 3 is 2.23 bits per heavy atom. The summed E-state index contributed by atoms with van der Waals surface area (Å²) in [5.41, 5.74) is 6.93. The Balaban J connectivity index is 2.45. The number of hydrogen-bond acceptors (Lipinski definition) is 5. The second kappa shape index (κ2) is 8.93. The molecule has 0 aliphatic rings. The van der Waals surface area contributed by atoms with Crippen LogP contribution in [-0.2, 0) is 0 Å². The van der Waals surface area contributed by atoms with Gasteiger partial charge in [-0.3, -0.25) is 0 Å². The number of thiocarbonyl (C=S) groups is 1. The van der Waals surface area contributed by atoms with E-state index in [1.54, 1.807) is 36.5 Å². The molecule has 0 aromatic heterocycles. The van der Waals surface area contributed by atoms with Gasteiger partial charge in [0.15, 0.2) is 16.6 Å². The molecule has 0 saturated heterocycles. The molecule has 0 amide bonds. The summed E-state index contributed by atoms with van der Waals surface area (Å²) in [7, 11) is 4.60. The van der Waals surface area contributed by atoms with Crippen molar-refractivity contribution in [3.8, 4) is 17.2 Å². The lowest BCUT2D eigenvalue weighted by Crippen LogP contribution is -2.31. The number of hydrazone groups is 1. The van der Waals surface area contributed by atoms with E-state index in [-0.39, 0.29) is 5.11 Å². The van der Waals surface area contributed by atoms with E-state index in [9.17, 15) is 0 Å². The Morgan fingerprint density at radius 1 is 1.12 bits per heavy atom. The van der Waals surface area contributed by atoms with Crippen LogP contribution in [0.25, 0.3) is 0 Å². The minimum atomic E-state index is 0.0119. The highest BCUT2D eigenvalue weighted by Gasteiger charge is 2.15. The molecular formula is C17H17Cl2N3O3S. The second-order valence-electron chi connectivity index (χ2n) is 4.93. The molecule has 9 heteroatoms. The van der Waals surface area contributed by atoms with Crippen LogP contribution in [0.1, 0.15) is 5.56 Å². The Kier molecular flexibility index (Phi) is 6.90. The number of rotatable bonds is 6. The predicted molar refractivity (Wildman–Crippen MR) is 109 cm³/mol. The van der Waals surface area contributed by atoms with Gasteiger partial charge in [-0.1, -0.05) is 29.3 Å². The molecule has 138 valence electrons. The number of anilines is 1. The van der Waals surface area contributed by atoms with Crippen LogP contribution in [0, 0.1) is 0 Å². The van der Waals surface area contributed by atoms with Gasteiger partial charge in [0.25, 0.3) is 0 Å². The maximum atomic E-state index is 6.23. The van der Waals surface area contributed by atoms with Crippen molar-refractivity contribution in [2.45, 2.75) is 0 Å². The van der Waals surface area contributed by atoms with Crippen LogP contribution < -0.4 is 25.0 Å². The molecule has 0 aliphatic carbocycles. The zero-order chi connectivity index (χ0) is 19.3. The molecule has 0 radical (unpaired) electrons. The number of nitrogens with two attached hydrogens (primary N) is 1. The highest BCUT2D eigenvalue weighted by Crippen LogP contribution is 2.38. The molecule has 0 heterocycles. The smallest absolute Gasteiger partial charge is 0.203 e. The first-order valence-corrected chi connectivity index (χ1v) is 8.46. The van der Waals surface area contributed by atoms with Gasteiger partial charge in [0, 0.05) is 5.56 Å². The zero-order valence-electron chi connectivity index (χ0n) is 14.3. The maximum absolute atomic E-state index is 6.23. The summed E-state index contributed by atoms with van der Waals surface area (Å²) >= 11 is 17.4. The van der Waals surface area contributed by atoms with E-state index in [4.69, 9.17) is 55.4 Å². The maximum Gasteiger partial charge on any atom is 0.203 e. The fraction of sp³-hybridized carbons (Fsp3) is 0.176. The normalized spacial score (nSPS) is 10.7. The molecule has 26 heavy (non-hydrogen) atoms. The van der Waals surface area contributed by atoms with Crippen LogP contribution in [0.5, 0.6) is 17.2 Å². The average molecular weight is 414 g/mol. The van der Waals surface area contributed by atoms with E-state index in [0.29, 0.717) is 38.5 Å². The van der Waals surface area contributed by atoms with Gasteiger partial charge in [0.2, 0.25) is 5.75 Å².